The van der Waals surface area contributed by atoms with Gasteiger partial charge in [0.2, 0.25) is 0 Å². The fourth-order valence-electron chi connectivity index (χ4n) is 3.69. The third-order valence-corrected chi connectivity index (χ3v) is 4.90. The van der Waals surface area contributed by atoms with Crippen molar-refractivity contribution in [3.05, 3.63) is 29.8 Å². The smallest absolute Gasteiger partial charge is 0.120 e. The minimum Gasteiger partial charge on any atom is -0.490 e. The number of rotatable bonds is 3. The lowest BCUT2D eigenvalue weighted by Gasteiger charge is -2.43. The molecule has 2 atom stereocenters. The van der Waals surface area contributed by atoms with Crippen molar-refractivity contribution in [2.24, 2.45) is 5.73 Å². The largest absolute Gasteiger partial charge is 0.490 e. The van der Waals surface area contributed by atoms with E-state index < -0.39 is 0 Å². The van der Waals surface area contributed by atoms with Gasteiger partial charge in [-0.25, -0.2) is 0 Å². The van der Waals surface area contributed by atoms with Gasteiger partial charge in [-0.1, -0.05) is 31.4 Å². The van der Waals surface area contributed by atoms with Crippen molar-refractivity contribution in [1.29, 1.82) is 0 Å². The summed E-state index contributed by atoms with van der Waals surface area (Å²) in [6.45, 7) is 2.84. The first-order valence-electron chi connectivity index (χ1n) is 8.33. The average molecular weight is 289 g/mol. The van der Waals surface area contributed by atoms with Crippen LogP contribution >= 0.6 is 0 Å². The zero-order valence-corrected chi connectivity index (χ0v) is 13.0. The van der Waals surface area contributed by atoms with Crippen LogP contribution in [-0.4, -0.2) is 18.3 Å². The lowest BCUT2D eigenvalue weighted by atomic mass is 9.79. The predicted octanol–water partition coefficient (Wildman–Crippen LogP) is 3.97. The van der Waals surface area contributed by atoms with E-state index in [0.717, 1.165) is 30.8 Å². The Hall–Kier alpha value is -1.06. The molecular weight excluding hydrogens is 262 g/mol. The third-order valence-electron chi connectivity index (χ3n) is 4.90. The van der Waals surface area contributed by atoms with Gasteiger partial charge in [0.1, 0.15) is 11.9 Å². The quantitative estimate of drug-likeness (QED) is 0.915. The highest BCUT2D eigenvalue weighted by Gasteiger charge is 2.39. The molecule has 1 aromatic rings. The molecule has 3 nitrogen and oxygen atoms in total. The molecule has 0 amide bonds. The van der Waals surface area contributed by atoms with Crippen LogP contribution in [-0.2, 0) is 4.74 Å². The van der Waals surface area contributed by atoms with E-state index in [9.17, 15) is 0 Å². The van der Waals surface area contributed by atoms with Crippen molar-refractivity contribution in [1.82, 2.24) is 0 Å². The summed E-state index contributed by atoms with van der Waals surface area (Å²) in [5.41, 5.74) is 7.18. The highest BCUT2D eigenvalue weighted by Crippen LogP contribution is 2.39. The van der Waals surface area contributed by atoms with Gasteiger partial charge in [-0.3, -0.25) is 0 Å². The van der Waals surface area contributed by atoms with Crippen LogP contribution in [0.25, 0.3) is 0 Å². The summed E-state index contributed by atoms with van der Waals surface area (Å²) >= 11 is 0. The Labute approximate surface area is 127 Å². The molecule has 1 aromatic carbocycles. The molecule has 0 bridgehead atoms. The van der Waals surface area contributed by atoms with Gasteiger partial charge in [-0.2, -0.15) is 0 Å². The van der Waals surface area contributed by atoms with Crippen molar-refractivity contribution < 1.29 is 9.47 Å². The second-order valence-electron chi connectivity index (χ2n) is 6.69. The topological polar surface area (TPSA) is 44.5 Å². The first-order valence-corrected chi connectivity index (χ1v) is 8.33. The monoisotopic (exact) mass is 289 g/mol. The maximum Gasteiger partial charge on any atom is 0.120 e. The van der Waals surface area contributed by atoms with Crippen molar-refractivity contribution >= 4 is 0 Å². The Balaban J connectivity index is 1.65. The van der Waals surface area contributed by atoms with E-state index in [1.165, 1.54) is 32.1 Å². The summed E-state index contributed by atoms with van der Waals surface area (Å²) in [5, 5.41) is 0. The summed E-state index contributed by atoms with van der Waals surface area (Å²) in [5.74, 6) is 0.947. The Kier molecular flexibility index (Phi) is 4.51. The molecule has 0 radical (unpaired) electrons. The molecule has 1 heterocycles. The third kappa shape index (κ3) is 3.58. The van der Waals surface area contributed by atoms with E-state index in [-0.39, 0.29) is 17.7 Å². The van der Waals surface area contributed by atoms with Crippen molar-refractivity contribution in [2.75, 3.05) is 6.61 Å². The van der Waals surface area contributed by atoms with Crippen LogP contribution in [0.3, 0.4) is 0 Å². The minimum absolute atomic E-state index is 0.0490. The Morgan fingerprint density at radius 1 is 1.29 bits per heavy atom. The average Bonchev–Trinajstić information content (AvgIpc) is 2.48. The summed E-state index contributed by atoms with van der Waals surface area (Å²) in [6.07, 6.45) is 8.66. The maximum atomic E-state index is 6.24. The molecule has 3 rings (SSSR count). The Morgan fingerprint density at radius 2 is 2.10 bits per heavy atom. The van der Waals surface area contributed by atoms with Gasteiger partial charge in [-0.05, 0) is 37.5 Å². The van der Waals surface area contributed by atoms with Gasteiger partial charge in [0.25, 0.3) is 0 Å². The van der Waals surface area contributed by atoms with E-state index in [4.69, 9.17) is 15.2 Å². The zero-order valence-electron chi connectivity index (χ0n) is 13.0. The van der Waals surface area contributed by atoms with Crippen LogP contribution in [0.1, 0.15) is 63.5 Å². The first kappa shape index (κ1) is 14.9. The molecule has 1 saturated heterocycles. The molecule has 1 spiro atoms. The van der Waals surface area contributed by atoms with E-state index >= 15 is 0 Å². The predicted molar refractivity (Wildman–Crippen MR) is 84.5 cm³/mol. The van der Waals surface area contributed by atoms with Crippen molar-refractivity contribution in [3.8, 4) is 5.75 Å². The van der Waals surface area contributed by atoms with Crippen molar-refractivity contribution in [3.63, 3.8) is 0 Å². The van der Waals surface area contributed by atoms with Gasteiger partial charge in [0, 0.05) is 18.9 Å². The number of benzene rings is 1. The summed E-state index contributed by atoms with van der Waals surface area (Å²) in [6, 6.07) is 8.25. The van der Waals surface area contributed by atoms with E-state index in [2.05, 4.69) is 12.1 Å². The number of nitrogens with two attached hydrogens (primary N) is 1. The van der Waals surface area contributed by atoms with E-state index in [1.807, 2.05) is 19.1 Å². The fourth-order valence-corrected chi connectivity index (χ4v) is 3.69. The molecule has 2 aliphatic rings. The van der Waals surface area contributed by atoms with Crippen LogP contribution < -0.4 is 10.5 Å². The molecule has 1 saturated carbocycles. The lowest BCUT2D eigenvalue weighted by molar-refractivity contribution is -0.129. The van der Waals surface area contributed by atoms with Crippen LogP contribution in [0.15, 0.2) is 24.3 Å². The van der Waals surface area contributed by atoms with Gasteiger partial charge >= 0.3 is 0 Å². The molecule has 21 heavy (non-hydrogen) atoms. The fraction of sp³-hybridized carbons (Fsp3) is 0.667. The van der Waals surface area contributed by atoms with Crippen LogP contribution in [0.4, 0.5) is 0 Å². The Bertz CT molecular complexity index is 461. The van der Waals surface area contributed by atoms with E-state index in [0.29, 0.717) is 0 Å². The van der Waals surface area contributed by atoms with Crippen LogP contribution in [0.5, 0.6) is 5.75 Å². The highest BCUT2D eigenvalue weighted by molar-refractivity contribution is 5.30. The molecule has 0 aromatic heterocycles. The van der Waals surface area contributed by atoms with Crippen LogP contribution in [0, 0.1) is 0 Å². The summed E-state index contributed by atoms with van der Waals surface area (Å²) < 4.78 is 12.4. The normalized spacial score (nSPS) is 26.5. The standard InChI is InChI=1S/C18H27NO2/c1-14(19)15-6-5-7-16(12-15)21-17-8-11-20-18(13-17)9-3-2-4-10-18/h5-7,12,14,17H,2-4,8-11,13,19H2,1H3/t14-,17?/m1/s1. The minimum atomic E-state index is 0.0490. The SMILES string of the molecule is C[C@@H](N)c1cccc(OC2CCOC3(CCCCC3)C2)c1. The second kappa shape index (κ2) is 6.37. The van der Waals surface area contributed by atoms with E-state index in [1.54, 1.807) is 0 Å². The maximum absolute atomic E-state index is 6.24. The molecule has 1 aliphatic heterocycles. The molecule has 3 heteroatoms. The number of ether oxygens (including phenoxy) is 2. The van der Waals surface area contributed by atoms with Gasteiger partial charge in [0.15, 0.2) is 0 Å². The second-order valence-corrected chi connectivity index (χ2v) is 6.69. The molecular formula is C18H27NO2. The highest BCUT2D eigenvalue weighted by atomic mass is 16.5. The van der Waals surface area contributed by atoms with Crippen LogP contribution in [0.2, 0.25) is 0 Å². The molecule has 1 aliphatic carbocycles. The van der Waals surface area contributed by atoms with Gasteiger partial charge in [0.05, 0.1) is 12.2 Å². The first-order chi connectivity index (χ1) is 10.2. The summed E-state index contributed by atoms with van der Waals surface area (Å²) in [7, 11) is 0. The molecule has 2 N–H and O–H groups in total. The zero-order chi connectivity index (χ0) is 14.7. The van der Waals surface area contributed by atoms with Gasteiger partial charge in [-0.15, -0.1) is 0 Å². The summed E-state index contributed by atoms with van der Waals surface area (Å²) in [4.78, 5) is 0. The molecule has 1 unspecified atom stereocenters. The van der Waals surface area contributed by atoms with Crippen molar-refractivity contribution in [2.45, 2.75) is 69.6 Å². The molecule has 116 valence electrons. The Morgan fingerprint density at radius 3 is 2.86 bits per heavy atom. The molecule has 2 fully saturated rings. The lowest BCUT2D eigenvalue weighted by Crippen LogP contribution is -2.45. The number of hydrogen-bond donors (Lipinski definition) is 1. The number of hydrogen-bond acceptors (Lipinski definition) is 3. The van der Waals surface area contributed by atoms with Gasteiger partial charge < -0.3 is 15.2 Å².